The summed E-state index contributed by atoms with van der Waals surface area (Å²) >= 11 is 0. The van der Waals surface area contributed by atoms with Crippen LogP contribution >= 0.6 is 0 Å². The van der Waals surface area contributed by atoms with E-state index in [1.54, 1.807) is 0 Å². The first-order chi connectivity index (χ1) is 7.73. The van der Waals surface area contributed by atoms with Crippen LogP contribution in [0, 0.1) is 12.5 Å². The van der Waals surface area contributed by atoms with Crippen molar-refractivity contribution in [1.29, 1.82) is 0 Å². The van der Waals surface area contributed by atoms with Crippen molar-refractivity contribution in [2.45, 2.75) is 30.2 Å². The number of ether oxygens (including phenoxy) is 4. The molecule has 0 saturated carbocycles. The van der Waals surface area contributed by atoms with Gasteiger partial charge in [0.15, 0.2) is 6.10 Å². The summed E-state index contributed by atoms with van der Waals surface area (Å²) in [7, 11) is 5.83. The van der Waals surface area contributed by atoms with E-state index in [9.17, 15) is 0 Å². The number of fused-ring (bicyclic) bond motifs is 2. The van der Waals surface area contributed by atoms with Crippen LogP contribution in [0.2, 0.25) is 0 Å². The SMILES string of the molecule is [B]C1OC2(COC#C)CCOC1C2OC=C. The molecule has 0 aromatic heterocycles. The zero-order valence-electron chi connectivity index (χ0n) is 8.93. The van der Waals surface area contributed by atoms with E-state index in [0.717, 1.165) is 0 Å². The van der Waals surface area contributed by atoms with Crippen LogP contribution in [-0.2, 0) is 18.9 Å². The van der Waals surface area contributed by atoms with Crippen LogP contribution in [-0.4, -0.2) is 44.9 Å². The monoisotopic (exact) mass is 220 g/mol. The molecular formula is C11H13BO4. The Hall–Kier alpha value is -1.12. The molecular weight excluding hydrogens is 207 g/mol. The molecule has 4 nitrogen and oxygen atoms in total. The summed E-state index contributed by atoms with van der Waals surface area (Å²) in [5, 5.41) is 0. The highest BCUT2D eigenvalue weighted by Crippen LogP contribution is 2.40. The fourth-order valence-electron chi connectivity index (χ4n) is 2.29. The van der Waals surface area contributed by atoms with Gasteiger partial charge in [-0.25, -0.2) is 0 Å². The highest BCUT2D eigenvalue weighted by Gasteiger charge is 2.58. The molecule has 4 atom stereocenters. The van der Waals surface area contributed by atoms with Crippen molar-refractivity contribution >= 4 is 7.85 Å². The van der Waals surface area contributed by atoms with E-state index in [-0.39, 0.29) is 18.8 Å². The Morgan fingerprint density at radius 3 is 3.19 bits per heavy atom. The molecule has 0 aliphatic carbocycles. The fraction of sp³-hybridized carbons (Fsp3) is 0.636. The van der Waals surface area contributed by atoms with E-state index in [2.05, 4.69) is 12.7 Å². The van der Waals surface area contributed by atoms with Crippen LogP contribution in [0.5, 0.6) is 0 Å². The molecule has 0 amide bonds. The Kier molecular flexibility index (Phi) is 3.13. The first-order valence-electron chi connectivity index (χ1n) is 5.12. The van der Waals surface area contributed by atoms with Gasteiger partial charge in [0.2, 0.25) is 0 Å². The van der Waals surface area contributed by atoms with Gasteiger partial charge in [0, 0.05) is 12.4 Å². The predicted octanol–water partition coefficient (Wildman–Crippen LogP) is 0.175. The molecule has 4 unspecified atom stereocenters. The third-order valence-corrected chi connectivity index (χ3v) is 2.99. The largest absolute Gasteiger partial charge is 0.493 e. The number of rotatable bonds is 4. The molecule has 5 heteroatoms. The maximum Gasteiger partial charge on any atom is 0.158 e. The van der Waals surface area contributed by atoms with Gasteiger partial charge in [-0.15, -0.1) is 0 Å². The molecule has 0 aromatic carbocycles. The molecule has 0 aromatic rings. The maximum atomic E-state index is 5.83. The minimum Gasteiger partial charge on any atom is -0.493 e. The van der Waals surface area contributed by atoms with Gasteiger partial charge >= 0.3 is 0 Å². The third kappa shape index (κ3) is 1.68. The summed E-state index contributed by atoms with van der Waals surface area (Å²) in [4.78, 5) is 0. The second-order valence-corrected chi connectivity index (χ2v) is 3.86. The number of hydrogen-bond acceptors (Lipinski definition) is 4. The van der Waals surface area contributed by atoms with Crippen molar-refractivity contribution in [2.24, 2.45) is 0 Å². The van der Waals surface area contributed by atoms with Crippen LogP contribution in [0.4, 0.5) is 0 Å². The second kappa shape index (κ2) is 4.40. The number of terminal acetylenes is 1. The van der Waals surface area contributed by atoms with Crippen molar-refractivity contribution in [3.05, 3.63) is 12.8 Å². The lowest BCUT2D eigenvalue weighted by Gasteiger charge is -2.37. The van der Waals surface area contributed by atoms with Gasteiger partial charge < -0.3 is 18.9 Å². The first kappa shape index (κ1) is 11.4. The standard InChI is InChI=1S/C11H13BO4/c1-3-13-7-11-5-6-15-8(10(12)16-11)9(11)14-4-2/h1,4,8-10H,2,5-7H2. The molecule has 2 radical (unpaired) electrons. The lowest BCUT2D eigenvalue weighted by molar-refractivity contribution is -0.140. The summed E-state index contributed by atoms with van der Waals surface area (Å²) in [6.07, 6.45) is 8.58. The zero-order chi connectivity index (χ0) is 11.6. The normalized spacial score (nSPS) is 41.1. The maximum absolute atomic E-state index is 5.83. The highest BCUT2D eigenvalue weighted by molar-refractivity contribution is 6.11. The van der Waals surface area contributed by atoms with Crippen LogP contribution in [0.25, 0.3) is 0 Å². The van der Waals surface area contributed by atoms with Gasteiger partial charge in [0.05, 0.1) is 12.9 Å². The Balaban J connectivity index is 2.19. The lowest BCUT2D eigenvalue weighted by Crippen LogP contribution is -2.52. The summed E-state index contributed by atoms with van der Waals surface area (Å²) in [5.41, 5.74) is -0.622. The topological polar surface area (TPSA) is 36.9 Å². The van der Waals surface area contributed by atoms with Gasteiger partial charge in [-0.1, -0.05) is 13.0 Å². The van der Waals surface area contributed by atoms with Crippen molar-refractivity contribution in [1.82, 2.24) is 0 Å². The van der Waals surface area contributed by atoms with Crippen molar-refractivity contribution in [3.63, 3.8) is 0 Å². The molecule has 0 spiro atoms. The molecule has 2 rings (SSSR count). The van der Waals surface area contributed by atoms with Gasteiger partial charge in [-0.05, 0) is 0 Å². The van der Waals surface area contributed by atoms with E-state index in [0.29, 0.717) is 13.0 Å². The van der Waals surface area contributed by atoms with Crippen molar-refractivity contribution < 1.29 is 18.9 Å². The minimum atomic E-state index is -0.622. The van der Waals surface area contributed by atoms with Gasteiger partial charge in [-0.2, -0.15) is 0 Å². The summed E-state index contributed by atoms with van der Waals surface area (Å²) in [6, 6.07) is -0.520. The highest BCUT2D eigenvalue weighted by atomic mass is 16.6. The van der Waals surface area contributed by atoms with Crippen molar-refractivity contribution in [3.8, 4) is 12.5 Å². The summed E-state index contributed by atoms with van der Waals surface area (Å²) in [6.45, 7) is 4.34. The third-order valence-electron chi connectivity index (χ3n) is 2.99. The molecule has 2 heterocycles. The Bertz CT molecular complexity index is 314. The van der Waals surface area contributed by atoms with E-state index in [1.807, 2.05) is 0 Å². The van der Waals surface area contributed by atoms with Gasteiger partial charge in [-0.3, -0.25) is 0 Å². The molecule has 84 valence electrons. The fourth-order valence-corrected chi connectivity index (χ4v) is 2.29. The average molecular weight is 220 g/mol. The predicted molar refractivity (Wildman–Crippen MR) is 57.6 cm³/mol. The summed E-state index contributed by atoms with van der Waals surface area (Å²) in [5.74, 6) is 0. The van der Waals surface area contributed by atoms with E-state index in [4.69, 9.17) is 33.2 Å². The number of hydrogen-bond donors (Lipinski definition) is 0. The van der Waals surface area contributed by atoms with Crippen LogP contribution in [0.3, 0.4) is 0 Å². The molecule has 2 aliphatic rings. The molecule has 2 fully saturated rings. The van der Waals surface area contributed by atoms with Crippen LogP contribution < -0.4 is 0 Å². The lowest BCUT2D eigenvalue weighted by atomic mass is 9.86. The molecule has 0 N–H and O–H groups in total. The summed E-state index contributed by atoms with van der Waals surface area (Å²) < 4.78 is 21.6. The molecule has 2 saturated heterocycles. The molecule has 2 bridgehead atoms. The van der Waals surface area contributed by atoms with E-state index < -0.39 is 11.6 Å². The molecule has 2 aliphatic heterocycles. The molecule has 16 heavy (non-hydrogen) atoms. The van der Waals surface area contributed by atoms with E-state index >= 15 is 0 Å². The Morgan fingerprint density at radius 1 is 1.69 bits per heavy atom. The average Bonchev–Trinajstić information content (AvgIpc) is 2.44. The Labute approximate surface area is 96.3 Å². The van der Waals surface area contributed by atoms with Crippen molar-refractivity contribution in [2.75, 3.05) is 13.2 Å². The van der Waals surface area contributed by atoms with Crippen LogP contribution in [0.15, 0.2) is 12.8 Å². The van der Waals surface area contributed by atoms with E-state index in [1.165, 1.54) is 6.26 Å². The quantitative estimate of drug-likeness (QED) is 0.384. The van der Waals surface area contributed by atoms with Gasteiger partial charge in [0.1, 0.15) is 32.3 Å². The van der Waals surface area contributed by atoms with Crippen LogP contribution in [0.1, 0.15) is 6.42 Å². The Morgan fingerprint density at radius 2 is 2.50 bits per heavy atom. The smallest absolute Gasteiger partial charge is 0.158 e. The first-order valence-corrected chi connectivity index (χ1v) is 5.12. The van der Waals surface area contributed by atoms with Gasteiger partial charge in [0.25, 0.3) is 0 Å². The second-order valence-electron chi connectivity index (χ2n) is 3.86. The zero-order valence-corrected chi connectivity index (χ0v) is 8.93. The minimum absolute atomic E-state index is 0.246.